The van der Waals surface area contributed by atoms with E-state index in [1.54, 1.807) is 0 Å². The molecule has 0 unspecified atom stereocenters. The summed E-state index contributed by atoms with van der Waals surface area (Å²) in [5.41, 5.74) is 1.26. The van der Waals surface area contributed by atoms with E-state index in [-0.39, 0.29) is 12.1 Å². The van der Waals surface area contributed by atoms with Gasteiger partial charge in [-0.15, -0.1) is 0 Å². The maximum absolute atomic E-state index is 8.73. The summed E-state index contributed by atoms with van der Waals surface area (Å²) in [4.78, 5) is 0. The fraction of sp³-hybridized carbons (Fsp3) is 0.875. The van der Waals surface area contributed by atoms with Gasteiger partial charge in [-0.25, -0.2) is 0 Å². The van der Waals surface area contributed by atoms with Gasteiger partial charge >= 0.3 is 0 Å². The van der Waals surface area contributed by atoms with Crippen LogP contribution in [0, 0.1) is 0 Å². The van der Waals surface area contributed by atoms with E-state index in [4.69, 9.17) is 5.11 Å². The smallest absolute Gasteiger partial charge is 0.0623 e. The van der Waals surface area contributed by atoms with Crippen LogP contribution >= 0.6 is 0 Å². The van der Waals surface area contributed by atoms with Crippen molar-refractivity contribution in [2.24, 2.45) is 5.10 Å². The van der Waals surface area contributed by atoms with E-state index in [1.807, 2.05) is 11.9 Å². The number of aliphatic hydroxyl groups excluding tert-OH is 1. The lowest BCUT2D eigenvalue weighted by molar-refractivity contribution is 0.119. The molecule has 0 atom stereocenters. The van der Waals surface area contributed by atoms with Crippen LogP contribution < -0.4 is 0 Å². The van der Waals surface area contributed by atoms with Crippen LogP contribution in [0.5, 0.6) is 0 Å². The molecular formula is C8H16N2O. The third kappa shape index (κ3) is 1.71. The van der Waals surface area contributed by atoms with E-state index in [2.05, 4.69) is 18.9 Å². The van der Waals surface area contributed by atoms with Crippen molar-refractivity contribution < 1.29 is 5.11 Å². The van der Waals surface area contributed by atoms with Crippen molar-refractivity contribution in [2.45, 2.75) is 32.7 Å². The maximum atomic E-state index is 8.73. The normalized spacial score (nSPS) is 22.2. The summed E-state index contributed by atoms with van der Waals surface area (Å²) in [6.45, 7) is 7.13. The number of hydrogen-bond acceptors (Lipinski definition) is 3. The molecule has 1 heterocycles. The largest absolute Gasteiger partial charge is 0.394 e. The van der Waals surface area contributed by atoms with E-state index in [0.29, 0.717) is 6.54 Å². The monoisotopic (exact) mass is 156 g/mol. The van der Waals surface area contributed by atoms with E-state index >= 15 is 0 Å². The highest BCUT2D eigenvalue weighted by molar-refractivity contribution is 5.84. The van der Waals surface area contributed by atoms with Crippen LogP contribution in [0.2, 0.25) is 0 Å². The predicted octanol–water partition coefficient (Wildman–Crippen LogP) is 0.839. The molecule has 0 aromatic heterocycles. The molecule has 1 N–H and O–H groups in total. The molecule has 0 aromatic rings. The molecule has 1 rings (SSSR count). The summed E-state index contributed by atoms with van der Waals surface area (Å²) in [5, 5.41) is 15.0. The molecular weight excluding hydrogens is 140 g/mol. The lowest BCUT2D eigenvalue weighted by Gasteiger charge is -2.29. The summed E-state index contributed by atoms with van der Waals surface area (Å²) in [6, 6.07) is 0. The minimum atomic E-state index is 0.104. The zero-order valence-electron chi connectivity index (χ0n) is 7.46. The van der Waals surface area contributed by atoms with Crippen molar-refractivity contribution in [2.75, 3.05) is 13.2 Å². The van der Waals surface area contributed by atoms with Crippen LogP contribution in [0.25, 0.3) is 0 Å². The first-order chi connectivity index (χ1) is 5.06. The van der Waals surface area contributed by atoms with Crippen molar-refractivity contribution in [3.8, 4) is 0 Å². The fourth-order valence-corrected chi connectivity index (χ4v) is 1.54. The average molecular weight is 156 g/mol. The van der Waals surface area contributed by atoms with Crippen LogP contribution in [0.3, 0.4) is 0 Å². The van der Waals surface area contributed by atoms with Gasteiger partial charge in [0.15, 0.2) is 0 Å². The standard InChI is InChI=1S/C8H16N2O/c1-7-6-8(2,3)10(9-7)4-5-11/h11H,4-6H2,1-3H3. The Labute approximate surface area is 67.7 Å². The first-order valence-electron chi connectivity index (χ1n) is 3.99. The van der Waals surface area contributed by atoms with Crippen LogP contribution in [0.15, 0.2) is 5.10 Å². The fourth-order valence-electron chi connectivity index (χ4n) is 1.54. The first-order valence-corrected chi connectivity index (χ1v) is 3.99. The van der Waals surface area contributed by atoms with Crippen LogP contribution in [-0.2, 0) is 0 Å². The lowest BCUT2D eigenvalue weighted by Crippen LogP contribution is -2.38. The Bertz CT molecular complexity index is 175. The number of hydrazone groups is 1. The predicted molar refractivity (Wildman–Crippen MR) is 45.6 cm³/mol. The highest BCUT2D eigenvalue weighted by Gasteiger charge is 2.31. The molecule has 0 amide bonds. The number of aliphatic hydroxyl groups is 1. The third-order valence-corrected chi connectivity index (χ3v) is 1.99. The second kappa shape index (κ2) is 2.81. The molecule has 0 aromatic carbocycles. The molecule has 0 aliphatic carbocycles. The molecule has 0 bridgehead atoms. The second-order valence-corrected chi connectivity index (χ2v) is 3.67. The van der Waals surface area contributed by atoms with E-state index in [1.165, 1.54) is 0 Å². The van der Waals surface area contributed by atoms with Gasteiger partial charge in [-0.1, -0.05) is 0 Å². The molecule has 1 aliphatic heterocycles. The van der Waals surface area contributed by atoms with Gasteiger partial charge in [0, 0.05) is 12.1 Å². The number of rotatable bonds is 2. The van der Waals surface area contributed by atoms with E-state index < -0.39 is 0 Å². The van der Waals surface area contributed by atoms with Crippen molar-refractivity contribution >= 4 is 5.71 Å². The van der Waals surface area contributed by atoms with E-state index in [9.17, 15) is 0 Å². The molecule has 0 saturated carbocycles. The van der Waals surface area contributed by atoms with Crippen molar-refractivity contribution in [3.05, 3.63) is 0 Å². The Morgan fingerprint density at radius 1 is 1.64 bits per heavy atom. The zero-order chi connectivity index (χ0) is 8.48. The van der Waals surface area contributed by atoms with Gasteiger partial charge in [0.2, 0.25) is 0 Å². The van der Waals surface area contributed by atoms with Crippen molar-refractivity contribution in [1.29, 1.82) is 0 Å². The Kier molecular flexibility index (Phi) is 2.18. The molecule has 0 spiro atoms. The molecule has 1 aliphatic rings. The van der Waals surface area contributed by atoms with Gasteiger partial charge in [0.05, 0.1) is 18.7 Å². The average Bonchev–Trinajstić information content (AvgIpc) is 2.07. The molecule has 3 nitrogen and oxygen atoms in total. The van der Waals surface area contributed by atoms with Gasteiger partial charge in [-0.05, 0) is 20.8 Å². The Balaban J connectivity index is 2.62. The summed E-state index contributed by atoms with van der Waals surface area (Å²) in [7, 11) is 0. The van der Waals surface area contributed by atoms with Gasteiger partial charge in [-0.2, -0.15) is 5.10 Å². The minimum absolute atomic E-state index is 0.104. The molecule has 0 fully saturated rings. The van der Waals surface area contributed by atoms with Gasteiger partial charge in [0.25, 0.3) is 0 Å². The minimum Gasteiger partial charge on any atom is -0.394 e. The van der Waals surface area contributed by atoms with Crippen LogP contribution in [0.4, 0.5) is 0 Å². The summed E-state index contributed by atoms with van der Waals surface area (Å²) < 4.78 is 0. The van der Waals surface area contributed by atoms with Crippen LogP contribution in [-0.4, -0.2) is 34.5 Å². The summed E-state index contributed by atoms with van der Waals surface area (Å²) in [5.74, 6) is 0. The molecule has 11 heavy (non-hydrogen) atoms. The highest BCUT2D eigenvalue weighted by atomic mass is 16.3. The number of nitrogens with zero attached hydrogens (tertiary/aromatic N) is 2. The maximum Gasteiger partial charge on any atom is 0.0623 e. The SMILES string of the molecule is CC1=NN(CCO)C(C)(C)C1. The Morgan fingerprint density at radius 3 is 2.64 bits per heavy atom. The number of β-amino-alcohol motifs (C(OH)–C–C–N with tert-alkyl or cyclic N) is 1. The van der Waals surface area contributed by atoms with Gasteiger partial charge in [0.1, 0.15) is 0 Å². The summed E-state index contributed by atoms with van der Waals surface area (Å²) >= 11 is 0. The Morgan fingerprint density at radius 2 is 2.27 bits per heavy atom. The zero-order valence-corrected chi connectivity index (χ0v) is 7.46. The topological polar surface area (TPSA) is 35.8 Å². The third-order valence-electron chi connectivity index (χ3n) is 1.99. The second-order valence-electron chi connectivity index (χ2n) is 3.67. The molecule has 3 heteroatoms. The van der Waals surface area contributed by atoms with E-state index in [0.717, 1.165) is 12.1 Å². The van der Waals surface area contributed by atoms with Crippen molar-refractivity contribution in [1.82, 2.24) is 5.01 Å². The Hall–Kier alpha value is -0.570. The number of hydrogen-bond donors (Lipinski definition) is 1. The lowest BCUT2D eigenvalue weighted by atomic mass is 9.99. The van der Waals surface area contributed by atoms with Gasteiger partial charge in [-0.3, -0.25) is 5.01 Å². The quantitative estimate of drug-likeness (QED) is 0.643. The van der Waals surface area contributed by atoms with Gasteiger partial charge < -0.3 is 5.11 Å². The molecule has 0 radical (unpaired) electrons. The summed E-state index contributed by atoms with van der Waals surface area (Å²) in [6.07, 6.45) is 1.01. The molecule has 0 saturated heterocycles. The highest BCUT2D eigenvalue weighted by Crippen LogP contribution is 2.25. The first kappa shape index (κ1) is 8.53. The molecule has 64 valence electrons. The van der Waals surface area contributed by atoms with Crippen LogP contribution in [0.1, 0.15) is 27.2 Å². The van der Waals surface area contributed by atoms with Crippen molar-refractivity contribution in [3.63, 3.8) is 0 Å².